The molecule has 0 spiro atoms. The molecule has 0 aromatic heterocycles. The summed E-state index contributed by atoms with van der Waals surface area (Å²) in [5.41, 5.74) is 1.21. The summed E-state index contributed by atoms with van der Waals surface area (Å²) in [7, 11) is 0. The Kier molecular flexibility index (Phi) is 6.68. The second kappa shape index (κ2) is 8.54. The molecule has 0 aliphatic rings. The lowest BCUT2D eigenvalue weighted by Gasteiger charge is -2.18. The Morgan fingerprint density at radius 2 is 1.92 bits per heavy atom. The molecule has 0 fully saturated rings. The summed E-state index contributed by atoms with van der Waals surface area (Å²) >= 11 is 9.57. The van der Waals surface area contributed by atoms with Crippen molar-refractivity contribution in [3.8, 4) is 5.75 Å². The highest BCUT2D eigenvalue weighted by Gasteiger charge is 2.14. The zero-order valence-corrected chi connectivity index (χ0v) is 16.7. The highest BCUT2D eigenvalue weighted by atomic mass is 79.9. The third-order valence-electron chi connectivity index (χ3n) is 3.12. The molecule has 0 unspecified atom stereocenters. The van der Waals surface area contributed by atoms with Gasteiger partial charge in [-0.3, -0.25) is 0 Å². The molecule has 0 saturated carbocycles. The number of esters is 1. The Hall–Kier alpha value is -1.78. The predicted molar refractivity (Wildman–Crippen MR) is 105 cm³/mol. The first-order chi connectivity index (χ1) is 11.7. The van der Waals surface area contributed by atoms with Gasteiger partial charge < -0.3 is 9.47 Å². The van der Waals surface area contributed by atoms with Gasteiger partial charge in [-0.2, -0.15) is 0 Å². The number of carbonyl (C=O) groups excluding carboxylic acids is 1. The van der Waals surface area contributed by atoms with Crippen LogP contribution < -0.4 is 4.74 Å². The van der Waals surface area contributed by atoms with Crippen LogP contribution in [-0.4, -0.2) is 11.6 Å². The van der Waals surface area contributed by atoms with Crippen molar-refractivity contribution in [1.82, 2.24) is 0 Å². The number of ether oxygens (including phenoxy) is 2. The molecule has 0 amide bonds. The smallest absolute Gasteiger partial charge is 0.331 e. The van der Waals surface area contributed by atoms with E-state index in [9.17, 15) is 4.79 Å². The minimum absolute atomic E-state index is 0.399. The lowest BCUT2D eigenvalue weighted by atomic mass is 10.1. The van der Waals surface area contributed by atoms with Crippen molar-refractivity contribution in [2.45, 2.75) is 33.0 Å². The van der Waals surface area contributed by atoms with Gasteiger partial charge in [0.05, 0.1) is 0 Å². The van der Waals surface area contributed by atoms with Gasteiger partial charge in [-0.1, -0.05) is 45.7 Å². The van der Waals surface area contributed by atoms with Crippen molar-refractivity contribution in [1.29, 1.82) is 0 Å². The maximum Gasteiger partial charge on any atom is 0.331 e. The molecule has 0 N–H and O–H groups in total. The van der Waals surface area contributed by atoms with Crippen molar-refractivity contribution in [2.24, 2.45) is 0 Å². The van der Waals surface area contributed by atoms with E-state index >= 15 is 0 Å². The van der Waals surface area contributed by atoms with E-state index < -0.39 is 11.6 Å². The molecule has 0 aliphatic heterocycles. The number of hydrogen-bond donors (Lipinski definition) is 0. The molecule has 3 nitrogen and oxygen atoms in total. The maximum atomic E-state index is 11.9. The number of benzene rings is 2. The van der Waals surface area contributed by atoms with Crippen molar-refractivity contribution in [3.63, 3.8) is 0 Å². The average molecular weight is 424 g/mol. The fourth-order valence-electron chi connectivity index (χ4n) is 2.05. The molecule has 0 saturated heterocycles. The highest BCUT2D eigenvalue weighted by Crippen LogP contribution is 2.26. The summed E-state index contributed by atoms with van der Waals surface area (Å²) < 4.78 is 12.2. The van der Waals surface area contributed by atoms with Crippen LogP contribution in [0.1, 0.15) is 31.9 Å². The van der Waals surface area contributed by atoms with E-state index in [1.165, 1.54) is 6.08 Å². The van der Waals surface area contributed by atoms with Gasteiger partial charge in [-0.15, -0.1) is 0 Å². The summed E-state index contributed by atoms with van der Waals surface area (Å²) in [5.74, 6) is 0.226. The molecular weight excluding hydrogens is 404 g/mol. The molecule has 2 aromatic rings. The van der Waals surface area contributed by atoms with E-state index in [0.717, 1.165) is 10.0 Å². The largest absolute Gasteiger partial charge is 0.488 e. The molecule has 0 bridgehead atoms. The lowest BCUT2D eigenvalue weighted by molar-refractivity contribution is -0.148. The van der Waals surface area contributed by atoms with E-state index in [0.29, 0.717) is 22.9 Å². The SMILES string of the molecule is CC(C)(C)OC(=O)/C=C/c1cc(Cl)ccc1OCc1ccccc1Br. The van der Waals surface area contributed by atoms with Gasteiger partial charge in [0.15, 0.2) is 0 Å². The Labute approximate surface area is 161 Å². The normalized spacial score (nSPS) is 11.6. The molecule has 2 rings (SSSR count). The van der Waals surface area contributed by atoms with Gasteiger partial charge in [0, 0.05) is 26.7 Å². The van der Waals surface area contributed by atoms with Crippen LogP contribution in [-0.2, 0) is 16.1 Å². The Bertz CT molecular complexity index is 779. The number of carbonyl (C=O) groups is 1. The third-order valence-corrected chi connectivity index (χ3v) is 4.13. The van der Waals surface area contributed by atoms with Gasteiger partial charge in [-0.05, 0) is 51.1 Å². The maximum absolute atomic E-state index is 11.9. The van der Waals surface area contributed by atoms with Crippen LogP contribution in [0.4, 0.5) is 0 Å². The first-order valence-corrected chi connectivity index (χ1v) is 8.98. The van der Waals surface area contributed by atoms with Crippen LogP contribution in [0.2, 0.25) is 5.02 Å². The summed E-state index contributed by atoms with van der Waals surface area (Å²) in [6, 6.07) is 13.1. The molecule has 0 atom stereocenters. The zero-order valence-electron chi connectivity index (χ0n) is 14.4. The van der Waals surface area contributed by atoms with Gasteiger partial charge >= 0.3 is 5.97 Å². The summed E-state index contributed by atoms with van der Waals surface area (Å²) in [4.78, 5) is 11.9. The Morgan fingerprint density at radius 3 is 2.60 bits per heavy atom. The first kappa shape index (κ1) is 19.5. The minimum Gasteiger partial charge on any atom is -0.488 e. The van der Waals surface area contributed by atoms with E-state index in [2.05, 4.69) is 15.9 Å². The van der Waals surface area contributed by atoms with E-state index in [1.807, 2.05) is 45.0 Å². The summed E-state index contributed by atoms with van der Waals surface area (Å²) in [5, 5.41) is 0.567. The molecule has 2 aromatic carbocycles. The monoisotopic (exact) mass is 422 g/mol. The summed E-state index contributed by atoms with van der Waals surface area (Å²) in [6.45, 7) is 5.87. The minimum atomic E-state index is -0.533. The van der Waals surface area contributed by atoms with Crippen molar-refractivity contribution < 1.29 is 14.3 Å². The number of halogens is 2. The third kappa shape index (κ3) is 6.56. The van der Waals surface area contributed by atoms with Gasteiger partial charge in [0.25, 0.3) is 0 Å². The van der Waals surface area contributed by atoms with E-state index in [-0.39, 0.29) is 0 Å². The van der Waals surface area contributed by atoms with Crippen molar-refractivity contribution in [3.05, 3.63) is 69.2 Å². The molecule has 5 heteroatoms. The molecule has 0 heterocycles. The molecule has 0 radical (unpaired) electrons. The first-order valence-electron chi connectivity index (χ1n) is 7.81. The molecule has 132 valence electrons. The Balaban J connectivity index is 2.14. The van der Waals surface area contributed by atoms with Crippen molar-refractivity contribution >= 4 is 39.6 Å². The number of hydrogen-bond acceptors (Lipinski definition) is 3. The van der Waals surface area contributed by atoms with Gasteiger partial charge in [-0.25, -0.2) is 4.79 Å². The highest BCUT2D eigenvalue weighted by molar-refractivity contribution is 9.10. The van der Waals surface area contributed by atoms with Crippen LogP contribution in [0.5, 0.6) is 5.75 Å². The molecule has 0 aliphatic carbocycles. The van der Waals surface area contributed by atoms with E-state index in [1.54, 1.807) is 24.3 Å². The van der Waals surface area contributed by atoms with Crippen LogP contribution in [0.25, 0.3) is 6.08 Å². The van der Waals surface area contributed by atoms with Crippen LogP contribution in [0, 0.1) is 0 Å². The molecular formula is C20H20BrClO3. The predicted octanol–water partition coefficient (Wildman–Crippen LogP) is 6.04. The second-order valence-corrected chi connectivity index (χ2v) is 7.72. The molecule has 25 heavy (non-hydrogen) atoms. The fourth-order valence-corrected chi connectivity index (χ4v) is 2.63. The van der Waals surface area contributed by atoms with Crippen LogP contribution in [0.3, 0.4) is 0 Å². The zero-order chi connectivity index (χ0) is 18.4. The second-order valence-electron chi connectivity index (χ2n) is 6.43. The van der Waals surface area contributed by atoms with Gasteiger partial charge in [0.1, 0.15) is 18.0 Å². The fraction of sp³-hybridized carbons (Fsp3) is 0.250. The van der Waals surface area contributed by atoms with Crippen LogP contribution in [0.15, 0.2) is 53.0 Å². The standard InChI is InChI=1S/C20H20BrClO3/c1-20(2,3)25-19(23)11-8-14-12-16(22)9-10-18(14)24-13-15-6-4-5-7-17(15)21/h4-12H,13H2,1-3H3/b11-8+. The topological polar surface area (TPSA) is 35.5 Å². The quantitative estimate of drug-likeness (QED) is 0.434. The van der Waals surface area contributed by atoms with Gasteiger partial charge in [0.2, 0.25) is 0 Å². The summed E-state index contributed by atoms with van der Waals surface area (Å²) in [6.07, 6.45) is 3.03. The average Bonchev–Trinajstić information content (AvgIpc) is 2.52. The van der Waals surface area contributed by atoms with Crippen LogP contribution >= 0.6 is 27.5 Å². The van der Waals surface area contributed by atoms with E-state index in [4.69, 9.17) is 21.1 Å². The Morgan fingerprint density at radius 1 is 1.20 bits per heavy atom. The number of rotatable bonds is 5. The van der Waals surface area contributed by atoms with Crippen molar-refractivity contribution in [2.75, 3.05) is 0 Å². The lowest BCUT2D eigenvalue weighted by Crippen LogP contribution is -2.22.